The smallest absolute Gasteiger partial charge is 0.264 e. The van der Waals surface area contributed by atoms with E-state index in [1.807, 2.05) is 24.9 Å². The van der Waals surface area contributed by atoms with Crippen LogP contribution in [0.4, 0.5) is 17.1 Å². The maximum atomic E-state index is 13.5. The second-order valence-corrected chi connectivity index (χ2v) is 9.56. The molecule has 9 heteroatoms. The van der Waals surface area contributed by atoms with Gasteiger partial charge in [0.05, 0.1) is 48.5 Å². The summed E-state index contributed by atoms with van der Waals surface area (Å²) in [7, 11) is -0.317. The van der Waals surface area contributed by atoms with Crippen LogP contribution >= 0.6 is 0 Å². The van der Waals surface area contributed by atoms with Crippen LogP contribution in [-0.2, 0) is 14.8 Å². The number of aliphatic hydroxyl groups is 1. The summed E-state index contributed by atoms with van der Waals surface area (Å²) in [4.78, 5) is 15.6. The number of carbonyl (C=O) groups is 1. The van der Waals surface area contributed by atoms with Crippen LogP contribution in [0, 0.1) is 0 Å². The van der Waals surface area contributed by atoms with Crippen molar-refractivity contribution in [3.63, 3.8) is 0 Å². The van der Waals surface area contributed by atoms with Gasteiger partial charge in [-0.15, -0.1) is 0 Å². The molecule has 1 unspecified atom stereocenters. The highest BCUT2D eigenvalue weighted by Crippen LogP contribution is 2.40. The predicted octanol–water partition coefficient (Wildman–Crippen LogP) is 1.83. The summed E-state index contributed by atoms with van der Waals surface area (Å²) in [5.41, 5.74) is 1.95. The van der Waals surface area contributed by atoms with Gasteiger partial charge in [0.2, 0.25) is 5.91 Å². The Balaban J connectivity index is 1.70. The third kappa shape index (κ3) is 3.37. The molecule has 8 nitrogen and oxygen atoms in total. The molecule has 0 radical (unpaired) electrons. The Hall–Kier alpha value is -2.78. The number of fused-ring (bicyclic) bond motifs is 1. The Bertz CT molecular complexity index is 1070. The minimum Gasteiger partial charge on any atom is -0.497 e. The minimum absolute atomic E-state index is 0.0824. The van der Waals surface area contributed by atoms with Crippen LogP contribution in [0.15, 0.2) is 47.4 Å². The average Bonchev–Trinajstić information content (AvgIpc) is 3.05. The second-order valence-electron chi connectivity index (χ2n) is 7.74. The zero-order valence-electron chi connectivity index (χ0n) is 17.1. The molecule has 2 heterocycles. The lowest BCUT2D eigenvalue weighted by Crippen LogP contribution is -2.49. The fraction of sp³-hybridized carbons (Fsp3) is 0.381. The molecule has 2 aliphatic rings. The summed E-state index contributed by atoms with van der Waals surface area (Å²) in [5.74, 6) is 0.489. The first kappa shape index (κ1) is 20.5. The molecule has 4 rings (SSSR count). The molecule has 1 N–H and O–H groups in total. The molecule has 0 saturated carbocycles. The van der Waals surface area contributed by atoms with Gasteiger partial charge in [0.15, 0.2) is 0 Å². The van der Waals surface area contributed by atoms with Crippen LogP contribution in [0.25, 0.3) is 0 Å². The second kappa shape index (κ2) is 7.48. The number of sulfonamides is 1. The van der Waals surface area contributed by atoms with Crippen LogP contribution in [0.5, 0.6) is 5.75 Å². The number of benzene rings is 2. The minimum atomic E-state index is -3.82. The first-order chi connectivity index (χ1) is 14.2. The molecule has 1 saturated heterocycles. The Morgan fingerprint density at radius 1 is 1.07 bits per heavy atom. The maximum absolute atomic E-state index is 13.5. The standard InChI is InChI=1S/C21H25N3O5S/c1-14-12-22(2)20-11-17(29-3)6-9-19(20)24(14)30(27,28)18-7-4-15(5-8-18)23-13-16(25)10-21(23)26/h4-9,11,14,16,25H,10,12-13H2,1-3H3/t14?,16-/m0/s1. The molecule has 0 aliphatic carbocycles. The Kier molecular flexibility index (Phi) is 5.11. The Morgan fingerprint density at radius 3 is 2.37 bits per heavy atom. The SMILES string of the molecule is COc1ccc2c(c1)N(C)CC(C)N2S(=O)(=O)c1ccc(N2C[C@@H](O)CC2=O)cc1. The summed E-state index contributed by atoms with van der Waals surface area (Å²) < 4.78 is 33.8. The summed E-state index contributed by atoms with van der Waals surface area (Å²) in [5, 5.41) is 9.69. The van der Waals surface area contributed by atoms with Crippen molar-refractivity contribution in [1.29, 1.82) is 0 Å². The summed E-state index contributed by atoms with van der Waals surface area (Å²) in [6.07, 6.45) is -0.611. The molecule has 30 heavy (non-hydrogen) atoms. The number of likely N-dealkylation sites (N-methyl/N-ethyl adjacent to an activating group) is 1. The molecular weight excluding hydrogens is 406 g/mol. The highest BCUT2D eigenvalue weighted by atomic mass is 32.2. The van der Waals surface area contributed by atoms with Gasteiger partial charge < -0.3 is 19.6 Å². The number of β-amino-alcohol motifs (C(OH)–C–C–N with tert-alkyl or cyclic N) is 1. The number of hydrogen-bond donors (Lipinski definition) is 1. The van der Waals surface area contributed by atoms with Crippen LogP contribution in [0.3, 0.4) is 0 Å². The number of nitrogens with zero attached hydrogens (tertiary/aromatic N) is 3. The number of amides is 1. The molecule has 1 fully saturated rings. The first-order valence-electron chi connectivity index (χ1n) is 9.74. The van der Waals surface area contributed by atoms with Crippen LogP contribution < -0.4 is 18.8 Å². The highest BCUT2D eigenvalue weighted by Gasteiger charge is 2.36. The third-order valence-electron chi connectivity index (χ3n) is 5.58. The van der Waals surface area contributed by atoms with E-state index in [1.54, 1.807) is 31.4 Å². The van der Waals surface area contributed by atoms with E-state index in [2.05, 4.69) is 0 Å². The molecule has 0 spiro atoms. The molecule has 1 amide bonds. The van der Waals surface area contributed by atoms with E-state index in [0.29, 0.717) is 23.7 Å². The molecular formula is C21H25N3O5S. The van der Waals surface area contributed by atoms with Crippen molar-refractivity contribution < 1.29 is 23.1 Å². The third-order valence-corrected chi connectivity index (χ3v) is 7.52. The Morgan fingerprint density at radius 2 is 1.77 bits per heavy atom. The quantitative estimate of drug-likeness (QED) is 0.794. The van der Waals surface area contributed by atoms with Crippen molar-refractivity contribution in [3.8, 4) is 5.75 Å². The van der Waals surface area contributed by atoms with E-state index in [1.165, 1.54) is 21.3 Å². The molecule has 160 valence electrons. The summed E-state index contributed by atoms with van der Waals surface area (Å²) in [6.45, 7) is 2.63. The van der Waals surface area contributed by atoms with Crippen LogP contribution in [0.1, 0.15) is 13.3 Å². The van der Waals surface area contributed by atoms with Gasteiger partial charge in [-0.25, -0.2) is 8.42 Å². The van der Waals surface area contributed by atoms with Gasteiger partial charge in [0, 0.05) is 25.3 Å². The average molecular weight is 432 g/mol. The lowest BCUT2D eigenvalue weighted by Gasteiger charge is -2.41. The first-order valence-corrected chi connectivity index (χ1v) is 11.2. The summed E-state index contributed by atoms with van der Waals surface area (Å²) in [6, 6.07) is 11.3. The van der Waals surface area contributed by atoms with Gasteiger partial charge in [-0.05, 0) is 43.3 Å². The lowest BCUT2D eigenvalue weighted by molar-refractivity contribution is -0.117. The molecule has 0 bridgehead atoms. The van der Waals surface area contributed by atoms with E-state index in [9.17, 15) is 18.3 Å². The van der Waals surface area contributed by atoms with Crippen molar-refractivity contribution in [2.24, 2.45) is 0 Å². The number of ether oxygens (including phenoxy) is 1. The largest absolute Gasteiger partial charge is 0.497 e. The summed E-state index contributed by atoms with van der Waals surface area (Å²) >= 11 is 0. The van der Waals surface area contributed by atoms with E-state index in [0.717, 1.165) is 5.69 Å². The number of aliphatic hydroxyl groups excluding tert-OH is 1. The van der Waals surface area contributed by atoms with Gasteiger partial charge in [0.1, 0.15) is 5.75 Å². The Labute approximate surface area is 176 Å². The van der Waals surface area contributed by atoms with Gasteiger partial charge in [-0.2, -0.15) is 0 Å². The van der Waals surface area contributed by atoms with Crippen LogP contribution in [0.2, 0.25) is 0 Å². The lowest BCUT2D eigenvalue weighted by atomic mass is 10.1. The van der Waals surface area contributed by atoms with Crippen LogP contribution in [-0.4, -0.2) is 58.8 Å². The molecule has 0 aromatic heterocycles. The van der Waals surface area contributed by atoms with E-state index in [4.69, 9.17) is 4.74 Å². The van der Waals surface area contributed by atoms with Gasteiger partial charge in [0.25, 0.3) is 10.0 Å². The van der Waals surface area contributed by atoms with Crippen molar-refractivity contribution >= 4 is 33.0 Å². The topological polar surface area (TPSA) is 90.4 Å². The maximum Gasteiger partial charge on any atom is 0.264 e. The molecule has 2 aromatic rings. The van der Waals surface area contributed by atoms with Gasteiger partial charge >= 0.3 is 0 Å². The number of rotatable bonds is 4. The highest BCUT2D eigenvalue weighted by molar-refractivity contribution is 7.92. The zero-order valence-corrected chi connectivity index (χ0v) is 18.0. The van der Waals surface area contributed by atoms with E-state index in [-0.39, 0.29) is 29.8 Å². The fourth-order valence-corrected chi connectivity index (χ4v) is 5.81. The van der Waals surface area contributed by atoms with Crippen molar-refractivity contribution in [1.82, 2.24) is 0 Å². The monoisotopic (exact) mass is 431 g/mol. The van der Waals surface area contributed by atoms with Gasteiger partial charge in [-0.3, -0.25) is 9.10 Å². The zero-order chi connectivity index (χ0) is 21.6. The number of anilines is 3. The number of hydrogen-bond acceptors (Lipinski definition) is 6. The molecule has 2 atom stereocenters. The normalized spacial score (nSPS) is 21.7. The number of carbonyl (C=O) groups excluding carboxylic acids is 1. The molecule has 2 aromatic carbocycles. The van der Waals surface area contributed by atoms with E-state index >= 15 is 0 Å². The number of methoxy groups -OCH3 is 1. The van der Waals surface area contributed by atoms with Crippen molar-refractivity contribution in [2.75, 3.05) is 41.4 Å². The fourth-order valence-electron chi connectivity index (χ4n) is 4.14. The van der Waals surface area contributed by atoms with Crippen molar-refractivity contribution in [3.05, 3.63) is 42.5 Å². The van der Waals surface area contributed by atoms with Crippen molar-refractivity contribution in [2.45, 2.75) is 30.4 Å². The predicted molar refractivity (Wildman–Crippen MR) is 115 cm³/mol. The molecule has 2 aliphatic heterocycles. The van der Waals surface area contributed by atoms with Gasteiger partial charge in [-0.1, -0.05) is 0 Å². The van der Waals surface area contributed by atoms with E-state index < -0.39 is 16.1 Å².